The Balaban J connectivity index is 0.00000306. The number of para-hydroxylation sites is 1. The second kappa shape index (κ2) is 12.7. The van der Waals surface area contributed by atoms with E-state index in [0.29, 0.717) is 26.2 Å². The van der Waals surface area contributed by atoms with Crippen molar-refractivity contribution in [2.75, 3.05) is 37.7 Å². The molecule has 1 heterocycles. The molecule has 2 fully saturated rings. The number of halogens is 1. The Bertz CT molecular complexity index is 931. The van der Waals surface area contributed by atoms with E-state index in [9.17, 15) is 4.79 Å². The average molecular weight is 563 g/mol. The first-order valence-electron chi connectivity index (χ1n) is 11.5. The second-order valence-electron chi connectivity index (χ2n) is 8.35. The summed E-state index contributed by atoms with van der Waals surface area (Å²) >= 11 is 0. The van der Waals surface area contributed by atoms with Gasteiger partial charge in [-0.3, -0.25) is 4.79 Å². The van der Waals surface area contributed by atoms with E-state index in [2.05, 4.69) is 58.1 Å². The Morgan fingerprint density at radius 3 is 2.67 bits per heavy atom. The first-order valence-corrected chi connectivity index (χ1v) is 11.5. The number of benzene rings is 2. The fourth-order valence-electron chi connectivity index (χ4n) is 3.65. The maximum Gasteiger partial charge on any atom is 0.239 e. The number of hydrogen-bond acceptors (Lipinski definition) is 4. The van der Waals surface area contributed by atoms with E-state index in [1.165, 1.54) is 12.8 Å². The molecule has 178 valence electrons. The Morgan fingerprint density at radius 1 is 1.15 bits per heavy atom. The van der Waals surface area contributed by atoms with Crippen LogP contribution >= 0.6 is 24.0 Å². The molecule has 4 rings (SSSR count). The molecule has 2 aromatic carbocycles. The topological polar surface area (TPSA) is 78.0 Å². The molecular weight excluding hydrogens is 529 g/mol. The molecule has 1 aliphatic heterocycles. The summed E-state index contributed by atoms with van der Waals surface area (Å²) in [6, 6.07) is 16.5. The molecule has 0 unspecified atom stereocenters. The number of piperazine rings is 1. The summed E-state index contributed by atoms with van der Waals surface area (Å²) in [6.45, 7) is 6.84. The molecule has 1 saturated heterocycles. The predicted molar refractivity (Wildman–Crippen MR) is 143 cm³/mol. The molecule has 1 aliphatic carbocycles. The number of nitrogens with one attached hydrogen (secondary N) is 3. The molecule has 1 amide bonds. The summed E-state index contributed by atoms with van der Waals surface area (Å²) in [6.07, 6.45) is 2.57. The number of ether oxygens (including phenoxy) is 1. The van der Waals surface area contributed by atoms with E-state index in [1.807, 2.05) is 18.2 Å². The van der Waals surface area contributed by atoms with Gasteiger partial charge in [0.2, 0.25) is 5.91 Å². The quantitative estimate of drug-likeness (QED) is 0.248. The van der Waals surface area contributed by atoms with Crippen molar-refractivity contribution < 1.29 is 9.53 Å². The lowest BCUT2D eigenvalue weighted by Crippen LogP contribution is -2.47. The molecule has 33 heavy (non-hydrogen) atoms. The normalized spacial score (nSPS) is 16.0. The average Bonchev–Trinajstić information content (AvgIpc) is 3.65. The summed E-state index contributed by atoms with van der Waals surface area (Å²) in [5.41, 5.74) is 3.33. The van der Waals surface area contributed by atoms with Gasteiger partial charge in [-0.1, -0.05) is 30.3 Å². The molecule has 0 spiro atoms. The fraction of sp³-hybridized carbons (Fsp3) is 0.440. The van der Waals surface area contributed by atoms with Gasteiger partial charge in [0.1, 0.15) is 5.75 Å². The first kappa shape index (κ1) is 25.1. The molecule has 1 saturated carbocycles. The van der Waals surface area contributed by atoms with Crippen LogP contribution in [0.1, 0.15) is 30.9 Å². The second-order valence-corrected chi connectivity index (χ2v) is 8.35. The highest BCUT2D eigenvalue weighted by Crippen LogP contribution is 2.30. The standard InChI is InChI=1S/C25H33N5O2.HI/c1-2-26-25(29-16-21-5-3-4-6-23(21)32-18-20-7-8-20)28-15-19-9-11-22(12-10-19)30-14-13-27-24(31)17-30;/h3-6,9-12,20H,2,7-8,13-18H2,1H3,(H,27,31)(H2,26,28,29);1H. The summed E-state index contributed by atoms with van der Waals surface area (Å²) in [7, 11) is 0. The van der Waals surface area contributed by atoms with Crippen molar-refractivity contribution in [2.45, 2.75) is 32.9 Å². The van der Waals surface area contributed by atoms with E-state index in [0.717, 1.165) is 54.1 Å². The van der Waals surface area contributed by atoms with Crippen LogP contribution in [0.2, 0.25) is 0 Å². The monoisotopic (exact) mass is 563 g/mol. The summed E-state index contributed by atoms with van der Waals surface area (Å²) in [5.74, 6) is 2.53. The number of rotatable bonds is 9. The third kappa shape index (κ3) is 7.80. The van der Waals surface area contributed by atoms with Gasteiger partial charge >= 0.3 is 0 Å². The Kier molecular flexibility index (Phi) is 9.65. The van der Waals surface area contributed by atoms with Crippen molar-refractivity contribution in [3.63, 3.8) is 0 Å². The number of anilines is 1. The van der Waals surface area contributed by atoms with Gasteiger partial charge in [-0.05, 0) is 49.4 Å². The van der Waals surface area contributed by atoms with Crippen molar-refractivity contribution in [3.8, 4) is 5.75 Å². The van der Waals surface area contributed by atoms with Crippen LogP contribution < -0.4 is 25.6 Å². The number of carbonyl (C=O) groups is 1. The molecule has 7 nitrogen and oxygen atoms in total. The van der Waals surface area contributed by atoms with Crippen molar-refractivity contribution in [3.05, 3.63) is 59.7 Å². The molecule has 0 radical (unpaired) electrons. The maximum atomic E-state index is 11.6. The molecule has 2 aromatic rings. The third-order valence-corrected chi connectivity index (χ3v) is 5.69. The summed E-state index contributed by atoms with van der Waals surface area (Å²) in [4.78, 5) is 18.5. The fourth-order valence-corrected chi connectivity index (χ4v) is 3.65. The van der Waals surface area contributed by atoms with Gasteiger partial charge in [0, 0.05) is 37.4 Å². The molecule has 0 atom stereocenters. The number of amides is 1. The van der Waals surface area contributed by atoms with E-state index in [1.54, 1.807) is 0 Å². The van der Waals surface area contributed by atoms with Crippen LogP contribution in [0.3, 0.4) is 0 Å². The number of hydrogen-bond donors (Lipinski definition) is 3. The maximum absolute atomic E-state index is 11.6. The number of carbonyl (C=O) groups excluding carboxylic acids is 1. The van der Waals surface area contributed by atoms with E-state index >= 15 is 0 Å². The zero-order chi connectivity index (χ0) is 22.2. The molecule has 2 aliphatic rings. The number of aliphatic imine (C=N–C) groups is 1. The molecule has 0 aromatic heterocycles. The Morgan fingerprint density at radius 2 is 1.94 bits per heavy atom. The minimum Gasteiger partial charge on any atom is -0.493 e. The lowest BCUT2D eigenvalue weighted by atomic mass is 10.2. The largest absolute Gasteiger partial charge is 0.493 e. The van der Waals surface area contributed by atoms with E-state index in [4.69, 9.17) is 9.73 Å². The highest BCUT2D eigenvalue weighted by Gasteiger charge is 2.22. The van der Waals surface area contributed by atoms with Gasteiger partial charge in [-0.25, -0.2) is 4.99 Å². The van der Waals surface area contributed by atoms with Gasteiger partial charge < -0.3 is 25.6 Å². The smallest absolute Gasteiger partial charge is 0.239 e. The van der Waals surface area contributed by atoms with Crippen LogP contribution in [-0.2, 0) is 17.9 Å². The van der Waals surface area contributed by atoms with Crippen molar-refractivity contribution in [1.29, 1.82) is 0 Å². The van der Waals surface area contributed by atoms with Gasteiger partial charge in [0.05, 0.1) is 19.7 Å². The van der Waals surface area contributed by atoms with E-state index < -0.39 is 0 Å². The highest BCUT2D eigenvalue weighted by molar-refractivity contribution is 14.0. The molecule has 3 N–H and O–H groups in total. The molecule has 8 heteroatoms. The Hall–Kier alpha value is -2.49. The van der Waals surface area contributed by atoms with Crippen LogP contribution in [0.4, 0.5) is 5.69 Å². The van der Waals surface area contributed by atoms with Crippen LogP contribution in [0, 0.1) is 5.92 Å². The molecule has 0 bridgehead atoms. The van der Waals surface area contributed by atoms with Crippen LogP contribution in [0.15, 0.2) is 53.5 Å². The lowest BCUT2D eigenvalue weighted by molar-refractivity contribution is -0.120. The van der Waals surface area contributed by atoms with Crippen LogP contribution in [0.25, 0.3) is 0 Å². The molecular formula is C25H34IN5O2. The zero-order valence-corrected chi connectivity index (χ0v) is 21.5. The highest BCUT2D eigenvalue weighted by atomic mass is 127. The first-order chi connectivity index (χ1) is 15.7. The minimum absolute atomic E-state index is 0. The van der Waals surface area contributed by atoms with Gasteiger partial charge in [0.15, 0.2) is 5.96 Å². The minimum atomic E-state index is 0. The van der Waals surface area contributed by atoms with Crippen LogP contribution in [-0.4, -0.2) is 44.7 Å². The lowest BCUT2D eigenvalue weighted by Gasteiger charge is -2.28. The van der Waals surface area contributed by atoms with Gasteiger partial charge in [-0.2, -0.15) is 0 Å². The third-order valence-electron chi connectivity index (χ3n) is 5.69. The Labute approximate surface area is 213 Å². The van der Waals surface area contributed by atoms with Crippen molar-refractivity contribution in [1.82, 2.24) is 16.0 Å². The van der Waals surface area contributed by atoms with Gasteiger partial charge in [-0.15, -0.1) is 24.0 Å². The summed E-state index contributed by atoms with van der Waals surface area (Å²) < 4.78 is 6.02. The SMILES string of the molecule is CCNC(=NCc1ccc(N2CCNC(=O)C2)cc1)NCc1ccccc1OCC1CC1.I. The predicted octanol–water partition coefficient (Wildman–Crippen LogP) is 3.28. The summed E-state index contributed by atoms with van der Waals surface area (Å²) in [5, 5.41) is 9.60. The number of guanidine groups is 1. The zero-order valence-electron chi connectivity index (χ0n) is 19.2. The van der Waals surface area contributed by atoms with Crippen molar-refractivity contribution in [2.24, 2.45) is 10.9 Å². The van der Waals surface area contributed by atoms with Crippen molar-refractivity contribution >= 4 is 41.5 Å². The van der Waals surface area contributed by atoms with E-state index in [-0.39, 0.29) is 29.9 Å². The van der Waals surface area contributed by atoms with Gasteiger partial charge in [0.25, 0.3) is 0 Å². The van der Waals surface area contributed by atoms with Crippen LogP contribution in [0.5, 0.6) is 5.75 Å². The number of nitrogens with zero attached hydrogens (tertiary/aromatic N) is 2.